The highest BCUT2D eigenvalue weighted by atomic mass is 35.5. The van der Waals surface area contributed by atoms with Gasteiger partial charge in [0.1, 0.15) is 5.82 Å². The first-order valence-electron chi connectivity index (χ1n) is 9.03. The maximum Gasteiger partial charge on any atom is 0.255 e. The SMILES string of the molecule is Cc1nn(-c2ccc(C(=O)Nc3cc(-n4nnnc4C)ccc3F)cc2)c(C)c1Cl. The summed E-state index contributed by atoms with van der Waals surface area (Å²) in [5, 5.41) is 18.8. The molecule has 152 valence electrons. The number of hydrogen-bond donors (Lipinski definition) is 1. The number of amides is 1. The molecule has 4 aromatic rings. The first-order chi connectivity index (χ1) is 14.3. The number of rotatable bonds is 4. The zero-order chi connectivity index (χ0) is 21.4. The summed E-state index contributed by atoms with van der Waals surface area (Å²) in [6, 6.07) is 11.0. The lowest BCUT2D eigenvalue weighted by atomic mass is 10.2. The number of anilines is 1. The van der Waals surface area contributed by atoms with E-state index in [1.54, 1.807) is 35.9 Å². The Kier molecular flexibility index (Phi) is 5.04. The van der Waals surface area contributed by atoms with E-state index in [-0.39, 0.29) is 5.69 Å². The molecule has 8 nitrogen and oxygen atoms in total. The fourth-order valence-corrected chi connectivity index (χ4v) is 3.15. The molecule has 0 atom stereocenters. The topological polar surface area (TPSA) is 90.5 Å². The lowest BCUT2D eigenvalue weighted by Crippen LogP contribution is -2.14. The first kappa shape index (κ1) is 19.7. The van der Waals surface area contributed by atoms with Gasteiger partial charge in [-0.3, -0.25) is 4.79 Å². The van der Waals surface area contributed by atoms with Crippen molar-refractivity contribution in [3.63, 3.8) is 0 Å². The molecular weight excluding hydrogens is 409 g/mol. The minimum atomic E-state index is -0.563. The second kappa shape index (κ2) is 7.68. The fraction of sp³-hybridized carbons (Fsp3) is 0.150. The molecule has 0 spiro atoms. The van der Waals surface area contributed by atoms with Gasteiger partial charge >= 0.3 is 0 Å². The molecule has 0 saturated heterocycles. The average Bonchev–Trinajstić information content (AvgIpc) is 3.28. The van der Waals surface area contributed by atoms with Gasteiger partial charge in [-0.1, -0.05) is 11.6 Å². The monoisotopic (exact) mass is 425 g/mol. The van der Waals surface area contributed by atoms with Gasteiger partial charge < -0.3 is 5.32 Å². The van der Waals surface area contributed by atoms with Gasteiger partial charge in [0.2, 0.25) is 0 Å². The third-order valence-electron chi connectivity index (χ3n) is 4.65. The number of tetrazole rings is 1. The molecule has 4 rings (SSSR count). The number of aromatic nitrogens is 6. The van der Waals surface area contributed by atoms with E-state index in [1.807, 2.05) is 13.8 Å². The van der Waals surface area contributed by atoms with Gasteiger partial charge in [-0.15, -0.1) is 5.10 Å². The smallest absolute Gasteiger partial charge is 0.255 e. The van der Waals surface area contributed by atoms with E-state index >= 15 is 0 Å². The molecule has 0 unspecified atom stereocenters. The minimum Gasteiger partial charge on any atom is -0.319 e. The van der Waals surface area contributed by atoms with Crippen LogP contribution in [0.4, 0.5) is 10.1 Å². The van der Waals surface area contributed by atoms with E-state index in [0.717, 1.165) is 17.1 Å². The molecule has 0 bridgehead atoms. The molecule has 30 heavy (non-hydrogen) atoms. The van der Waals surface area contributed by atoms with Gasteiger partial charge in [0, 0.05) is 5.56 Å². The highest BCUT2D eigenvalue weighted by Crippen LogP contribution is 2.23. The van der Waals surface area contributed by atoms with E-state index in [1.165, 1.54) is 22.9 Å². The molecule has 0 aliphatic carbocycles. The van der Waals surface area contributed by atoms with Crippen LogP contribution in [0.3, 0.4) is 0 Å². The van der Waals surface area contributed by atoms with Crippen molar-refractivity contribution in [1.82, 2.24) is 30.0 Å². The van der Waals surface area contributed by atoms with Crippen molar-refractivity contribution >= 4 is 23.2 Å². The summed E-state index contributed by atoms with van der Waals surface area (Å²) >= 11 is 6.20. The number of carbonyl (C=O) groups is 1. The molecule has 1 N–H and O–H groups in total. The molecule has 0 radical (unpaired) electrons. The lowest BCUT2D eigenvalue weighted by Gasteiger charge is -2.10. The molecule has 0 saturated carbocycles. The number of aryl methyl sites for hydroxylation is 2. The third kappa shape index (κ3) is 3.55. The van der Waals surface area contributed by atoms with E-state index in [4.69, 9.17) is 11.6 Å². The second-order valence-electron chi connectivity index (χ2n) is 6.70. The summed E-state index contributed by atoms with van der Waals surface area (Å²) in [7, 11) is 0. The van der Waals surface area contributed by atoms with Crippen molar-refractivity contribution in [3.8, 4) is 11.4 Å². The standard InChI is InChI=1S/C20H17ClFN7O/c1-11-19(21)12(2)28(25-11)15-6-4-14(5-7-15)20(30)23-18-10-16(8-9-17(18)22)29-13(3)24-26-27-29/h4-10H,1-3H3,(H,23,30). The predicted molar refractivity (Wildman–Crippen MR) is 110 cm³/mol. The van der Waals surface area contributed by atoms with E-state index in [2.05, 4.69) is 25.9 Å². The van der Waals surface area contributed by atoms with Crippen molar-refractivity contribution in [2.75, 3.05) is 5.32 Å². The summed E-state index contributed by atoms with van der Waals surface area (Å²) in [4.78, 5) is 12.6. The van der Waals surface area contributed by atoms with Crippen molar-refractivity contribution in [2.45, 2.75) is 20.8 Å². The van der Waals surface area contributed by atoms with Crippen LogP contribution in [0.15, 0.2) is 42.5 Å². The number of nitrogens with one attached hydrogen (secondary N) is 1. The van der Waals surface area contributed by atoms with Crippen LogP contribution >= 0.6 is 11.6 Å². The zero-order valence-electron chi connectivity index (χ0n) is 16.4. The zero-order valence-corrected chi connectivity index (χ0v) is 17.1. The van der Waals surface area contributed by atoms with Gasteiger partial charge in [-0.05, 0) is 73.7 Å². The number of benzene rings is 2. The maximum absolute atomic E-state index is 14.3. The van der Waals surface area contributed by atoms with Crippen LogP contribution in [0.25, 0.3) is 11.4 Å². The van der Waals surface area contributed by atoms with Crippen LogP contribution in [0, 0.1) is 26.6 Å². The Hall–Kier alpha value is -3.59. The predicted octanol–water partition coefficient (Wildman–Crippen LogP) is 3.82. The van der Waals surface area contributed by atoms with E-state index < -0.39 is 11.7 Å². The Labute approximate surface area is 176 Å². The van der Waals surface area contributed by atoms with Crippen LogP contribution in [0.1, 0.15) is 27.6 Å². The quantitative estimate of drug-likeness (QED) is 0.536. The van der Waals surface area contributed by atoms with Crippen molar-refractivity contribution < 1.29 is 9.18 Å². The maximum atomic E-state index is 14.3. The number of nitrogens with zero attached hydrogens (tertiary/aromatic N) is 6. The molecule has 1 amide bonds. The Morgan fingerprint density at radius 3 is 2.33 bits per heavy atom. The molecule has 2 aromatic carbocycles. The summed E-state index contributed by atoms with van der Waals surface area (Å²) in [5.74, 6) is -0.470. The molecule has 0 fully saturated rings. The van der Waals surface area contributed by atoms with Crippen LogP contribution in [-0.2, 0) is 0 Å². The van der Waals surface area contributed by atoms with Gasteiger partial charge in [-0.25, -0.2) is 9.07 Å². The minimum absolute atomic E-state index is 0.0294. The molecule has 10 heteroatoms. The lowest BCUT2D eigenvalue weighted by molar-refractivity contribution is 0.102. The Balaban J connectivity index is 1.57. The average molecular weight is 426 g/mol. The molecule has 2 aromatic heterocycles. The van der Waals surface area contributed by atoms with Gasteiger partial charge in [0.15, 0.2) is 5.82 Å². The highest BCUT2D eigenvalue weighted by molar-refractivity contribution is 6.31. The van der Waals surface area contributed by atoms with Crippen LogP contribution in [-0.4, -0.2) is 35.9 Å². The number of halogens is 2. The van der Waals surface area contributed by atoms with Gasteiger partial charge in [0.05, 0.1) is 33.5 Å². The van der Waals surface area contributed by atoms with Crippen LogP contribution in [0.5, 0.6) is 0 Å². The first-order valence-corrected chi connectivity index (χ1v) is 9.41. The number of carbonyl (C=O) groups excluding carboxylic acids is 1. The Morgan fingerprint density at radius 2 is 1.73 bits per heavy atom. The Bertz CT molecular complexity index is 1250. The fourth-order valence-electron chi connectivity index (χ4n) is 3.03. The van der Waals surface area contributed by atoms with Crippen LogP contribution in [0.2, 0.25) is 5.02 Å². The van der Waals surface area contributed by atoms with E-state index in [0.29, 0.717) is 22.1 Å². The summed E-state index contributed by atoms with van der Waals surface area (Å²) in [5.41, 5.74) is 3.23. The Morgan fingerprint density at radius 1 is 1.03 bits per heavy atom. The van der Waals surface area contributed by atoms with Crippen molar-refractivity contribution in [3.05, 3.63) is 76.1 Å². The summed E-state index contributed by atoms with van der Waals surface area (Å²) < 4.78 is 17.4. The molecule has 0 aliphatic rings. The largest absolute Gasteiger partial charge is 0.319 e. The third-order valence-corrected chi connectivity index (χ3v) is 5.19. The summed E-state index contributed by atoms with van der Waals surface area (Å²) in [6.07, 6.45) is 0. The molecular formula is C20H17ClFN7O. The van der Waals surface area contributed by atoms with Crippen LogP contribution < -0.4 is 5.32 Å². The van der Waals surface area contributed by atoms with Gasteiger partial charge in [-0.2, -0.15) is 9.78 Å². The highest BCUT2D eigenvalue weighted by Gasteiger charge is 2.14. The number of hydrogen-bond acceptors (Lipinski definition) is 5. The van der Waals surface area contributed by atoms with Gasteiger partial charge in [0.25, 0.3) is 5.91 Å². The van der Waals surface area contributed by atoms with Crippen molar-refractivity contribution in [2.24, 2.45) is 0 Å². The van der Waals surface area contributed by atoms with E-state index in [9.17, 15) is 9.18 Å². The molecule has 2 heterocycles. The second-order valence-corrected chi connectivity index (χ2v) is 7.08. The molecule has 0 aliphatic heterocycles. The van der Waals surface area contributed by atoms with Crippen molar-refractivity contribution in [1.29, 1.82) is 0 Å². The summed E-state index contributed by atoms with van der Waals surface area (Å²) in [6.45, 7) is 5.41. The normalized spacial score (nSPS) is 11.0.